The molecule has 0 radical (unpaired) electrons. The Morgan fingerprint density at radius 2 is 1.63 bits per heavy atom. The Bertz CT molecular complexity index is 911. The number of halogens is 2. The second-order valence-corrected chi connectivity index (χ2v) is 10.1. The molecule has 2 aromatic rings. The fourth-order valence-corrected chi connectivity index (χ4v) is 5.41. The maximum Gasteiger partial charge on any atom is 0.352 e. The Morgan fingerprint density at radius 3 is 2.17 bits per heavy atom. The fraction of sp³-hybridized carbons (Fsp3) is 0.417. The average molecular weight is 476 g/mol. The third-order valence-corrected chi connectivity index (χ3v) is 6.77. The van der Waals surface area contributed by atoms with E-state index in [0.717, 1.165) is 11.1 Å². The zero-order chi connectivity index (χ0) is 22.1. The number of likely N-dealkylation sites (tertiary alicyclic amines) is 1. The maximum atomic E-state index is 13.9. The fourth-order valence-electron chi connectivity index (χ4n) is 4.64. The molecule has 1 fully saturated rings. The largest absolute Gasteiger partial charge is 0.352 e. The van der Waals surface area contributed by atoms with E-state index in [9.17, 15) is 14.0 Å². The third kappa shape index (κ3) is 4.21. The summed E-state index contributed by atoms with van der Waals surface area (Å²) in [6, 6.07) is 16.1. The molecule has 1 aliphatic heterocycles. The van der Waals surface area contributed by atoms with Gasteiger partial charge in [-0.3, -0.25) is 4.79 Å². The average Bonchev–Trinajstić information content (AvgIpc) is 2.79. The van der Waals surface area contributed by atoms with Gasteiger partial charge in [0.25, 0.3) is 5.91 Å². The molecule has 1 aliphatic rings. The minimum Gasteiger partial charge on any atom is -0.270 e. The van der Waals surface area contributed by atoms with Crippen LogP contribution in [-0.4, -0.2) is 26.8 Å². The highest BCUT2D eigenvalue weighted by atomic mass is 79.9. The van der Waals surface area contributed by atoms with Crippen LogP contribution in [-0.2, 0) is 9.59 Å². The van der Waals surface area contributed by atoms with Crippen LogP contribution in [0.5, 0.6) is 0 Å². The molecule has 0 aromatic heterocycles. The Kier molecular flexibility index (Phi) is 6.48. The summed E-state index contributed by atoms with van der Waals surface area (Å²) in [6.07, 6.45) is 1.21. The summed E-state index contributed by atoms with van der Waals surface area (Å²) in [4.78, 5) is 25.8. The van der Waals surface area contributed by atoms with Crippen molar-refractivity contribution in [3.63, 3.8) is 0 Å². The third-order valence-electron chi connectivity index (χ3n) is 6.00. The SMILES string of the molecule is CC(=O)N[N+]1(C(C)(C)C)C(=O)C(Br)CC(c2ccc(F)cc2)CC1c1ccccc1. The van der Waals surface area contributed by atoms with Gasteiger partial charge in [-0.1, -0.05) is 58.4 Å². The molecular formula is C24H29BrFN2O2+. The lowest BCUT2D eigenvalue weighted by atomic mass is 9.86. The van der Waals surface area contributed by atoms with Crippen LogP contribution in [0.3, 0.4) is 0 Å². The summed E-state index contributed by atoms with van der Waals surface area (Å²) in [6.45, 7) is 7.39. The van der Waals surface area contributed by atoms with Gasteiger partial charge in [0.1, 0.15) is 22.2 Å². The lowest BCUT2D eigenvalue weighted by Crippen LogP contribution is -2.73. The topological polar surface area (TPSA) is 46.2 Å². The first kappa shape index (κ1) is 22.6. The van der Waals surface area contributed by atoms with Crippen molar-refractivity contribution in [2.24, 2.45) is 0 Å². The van der Waals surface area contributed by atoms with E-state index >= 15 is 0 Å². The quantitative estimate of drug-likeness (QED) is 0.476. The monoisotopic (exact) mass is 475 g/mol. The molecule has 4 nitrogen and oxygen atoms in total. The highest BCUT2D eigenvalue weighted by Gasteiger charge is 2.59. The van der Waals surface area contributed by atoms with E-state index in [1.807, 2.05) is 51.1 Å². The molecule has 4 atom stereocenters. The number of nitrogens with one attached hydrogen (secondary N) is 1. The summed E-state index contributed by atoms with van der Waals surface area (Å²) in [5.41, 5.74) is 4.43. The summed E-state index contributed by atoms with van der Waals surface area (Å²) < 4.78 is 13.3. The first-order chi connectivity index (χ1) is 14.1. The van der Waals surface area contributed by atoms with Crippen LogP contribution >= 0.6 is 15.9 Å². The molecule has 2 aromatic carbocycles. The van der Waals surface area contributed by atoms with Crippen LogP contribution in [0, 0.1) is 5.82 Å². The van der Waals surface area contributed by atoms with E-state index in [1.165, 1.54) is 19.1 Å². The van der Waals surface area contributed by atoms with Crippen molar-refractivity contribution in [3.05, 3.63) is 71.5 Å². The molecule has 30 heavy (non-hydrogen) atoms. The zero-order valence-corrected chi connectivity index (χ0v) is 19.4. The molecule has 0 spiro atoms. The second kappa shape index (κ2) is 8.60. The molecule has 2 amide bonds. The van der Waals surface area contributed by atoms with Crippen molar-refractivity contribution < 1.29 is 18.6 Å². The van der Waals surface area contributed by atoms with E-state index in [2.05, 4.69) is 21.4 Å². The van der Waals surface area contributed by atoms with Gasteiger partial charge in [0, 0.05) is 18.9 Å². The van der Waals surface area contributed by atoms with Crippen LogP contribution in [0.25, 0.3) is 0 Å². The predicted molar refractivity (Wildman–Crippen MR) is 119 cm³/mol. The lowest BCUT2D eigenvalue weighted by Gasteiger charge is -2.49. The van der Waals surface area contributed by atoms with Crippen molar-refractivity contribution in [2.75, 3.05) is 0 Å². The standard InChI is InChI=1S/C24H28BrFN2O2/c1-16(29)27-28(24(2,3)4)22(18-8-6-5-7-9-18)15-19(14-21(25)23(28)30)17-10-12-20(26)13-11-17/h5-13,19,21-22H,14-15H2,1-4H3/p+1. The number of alkyl halides is 1. The number of carbonyl (C=O) groups is 2. The van der Waals surface area contributed by atoms with Gasteiger partial charge in [-0.15, -0.1) is 4.59 Å². The Balaban J connectivity index is 2.22. The van der Waals surface area contributed by atoms with Crippen LogP contribution in [0.2, 0.25) is 0 Å². The molecule has 0 bridgehead atoms. The predicted octanol–water partition coefficient (Wildman–Crippen LogP) is 5.40. The van der Waals surface area contributed by atoms with Crippen molar-refractivity contribution in [2.45, 2.75) is 62.9 Å². The van der Waals surface area contributed by atoms with Gasteiger partial charge in [0.2, 0.25) is 0 Å². The Hall–Kier alpha value is -2.05. The van der Waals surface area contributed by atoms with E-state index in [4.69, 9.17) is 0 Å². The Labute approximate surface area is 186 Å². The maximum absolute atomic E-state index is 13.9. The van der Waals surface area contributed by atoms with Gasteiger partial charge >= 0.3 is 5.91 Å². The lowest BCUT2D eigenvalue weighted by molar-refractivity contribution is -0.961. The van der Waals surface area contributed by atoms with Gasteiger partial charge in [0.15, 0.2) is 0 Å². The highest BCUT2D eigenvalue weighted by molar-refractivity contribution is 9.10. The normalized spacial score (nSPS) is 27.4. The summed E-state index contributed by atoms with van der Waals surface area (Å²) in [5.74, 6) is -0.577. The first-order valence-corrected chi connectivity index (χ1v) is 11.1. The number of amides is 2. The molecule has 0 aliphatic carbocycles. The molecule has 1 N–H and O–H groups in total. The highest BCUT2D eigenvalue weighted by Crippen LogP contribution is 2.47. The number of hydrogen-bond donors (Lipinski definition) is 1. The molecule has 6 heteroatoms. The van der Waals surface area contributed by atoms with Gasteiger partial charge in [0.05, 0.1) is 0 Å². The van der Waals surface area contributed by atoms with Gasteiger partial charge < -0.3 is 0 Å². The first-order valence-electron chi connectivity index (χ1n) is 10.2. The molecule has 0 saturated carbocycles. The second-order valence-electron chi connectivity index (χ2n) is 9.01. The number of rotatable bonds is 3. The van der Waals surface area contributed by atoms with Crippen LogP contribution < -0.4 is 5.43 Å². The summed E-state index contributed by atoms with van der Waals surface area (Å²) in [5, 5.41) is 0. The van der Waals surface area contributed by atoms with Gasteiger partial charge in [-0.25, -0.2) is 9.18 Å². The van der Waals surface area contributed by atoms with Crippen molar-refractivity contribution >= 4 is 27.7 Å². The number of hydrogen-bond acceptors (Lipinski definition) is 2. The van der Waals surface area contributed by atoms with Crippen LogP contribution in [0.1, 0.15) is 63.6 Å². The van der Waals surface area contributed by atoms with Gasteiger partial charge in [-0.2, -0.15) is 5.43 Å². The molecule has 3 rings (SSSR count). The van der Waals surface area contributed by atoms with Crippen molar-refractivity contribution in [3.8, 4) is 0 Å². The van der Waals surface area contributed by atoms with E-state index in [1.54, 1.807) is 12.1 Å². The molecule has 4 unspecified atom stereocenters. The zero-order valence-electron chi connectivity index (χ0n) is 17.9. The molecule has 160 valence electrons. The van der Waals surface area contributed by atoms with E-state index < -0.39 is 10.4 Å². The summed E-state index contributed by atoms with van der Waals surface area (Å²) in [7, 11) is 0. The minimum atomic E-state index is -0.590. The number of benzene rings is 2. The van der Waals surface area contributed by atoms with Crippen LogP contribution in [0.4, 0.5) is 4.39 Å². The summed E-state index contributed by atoms with van der Waals surface area (Å²) >= 11 is 3.62. The number of quaternary nitrogens is 1. The van der Waals surface area contributed by atoms with Crippen molar-refractivity contribution in [1.29, 1.82) is 0 Å². The molecule has 1 heterocycles. The van der Waals surface area contributed by atoms with Gasteiger partial charge in [-0.05, 0) is 50.8 Å². The Morgan fingerprint density at radius 1 is 1.03 bits per heavy atom. The van der Waals surface area contributed by atoms with Crippen molar-refractivity contribution in [1.82, 2.24) is 5.43 Å². The molecule has 1 saturated heterocycles. The minimum absolute atomic E-state index is 0.0280. The van der Waals surface area contributed by atoms with E-state index in [0.29, 0.717) is 12.8 Å². The number of carbonyl (C=O) groups excluding carboxylic acids is 2. The number of nitrogens with zero attached hydrogens (tertiary/aromatic N) is 1. The van der Waals surface area contributed by atoms with Crippen LogP contribution in [0.15, 0.2) is 54.6 Å². The van der Waals surface area contributed by atoms with E-state index in [-0.39, 0.29) is 34.2 Å². The molecular weight excluding hydrogens is 447 g/mol. The smallest absolute Gasteiger partial charge is 0.270 e.